The summed E-state index contributed by atoms with van der Waals surface area (Å²) in [5.41, 5.74) is 1.42. The Morgan fingerprint density at radius 3 is 1.78 bits per heavy atom. The third-order valence-electron chi connectivity index (χ3n) is 6.74. The highest BCUT2D eigenvalue weighted by molar-refractivity contribution is 5.29. The highest BCUT2D eigenvalue weighted by Crippen LogP contribution is 2.21. The number of unbranched alkanes of at least 4 members (excludes halogenated alkanes) is 4. The monoisotopic (exact) mass is 435 g/mol. The van der Waals surface area contributed by atoms with Crippen LogP contribution in [0, 0.1) is 5.92 Å². The van der Waals surface area contributed by atoms with Gasteiger partial charge in [0, 0.05) is 0 Å². The largest absolute Gasteiger partial charge is 0.316 e. The van der Waals surface area contributed by atoms with Gasteiger partial charge in [-0.25, -0.2) is 0 Å². The Morgan fingerprint density at radius 2 is 1.09 bits per heavy atom. The molecule has 1 heteroatoms. The van der Waals surface area contributed by atoms with Crippen LogP contribution in [0.25, 0.3) is 0 Å². The van der Waals surface area contributed by atoms with E-state index in [4.69, 9.17) is 0 Å². The van der Waals surface area contributed by atoms with E-state index in [0.717, 1.165) is 5.92 Å². The fourth-order valence-electron chi connectivity index (χ4n) is 4.72. The van der Waals surface area contributed by atoms with E-state index < -0.39 is 0 Å². The van der Waals surface area contributed by atoms with Gasteiger partial charge in [0.2, 0.25) is 0 Å². The van der Waals surface area contributed by atoms with Crippen molar-refractivity contribution < 1.29 is 0 Å². The molecule has 32 heavy (non-hydrogen) atoms. The average Bonchev–Trinajstić information content (AvgIpc) is 2.85. The Kier molecular flexibility index (Phi) is 16.7. The fraction of sp³-hybridized carbons (Fsp3) is 0.613. The topological polar surface area (TPSA) is 12.0 Å². The summed E-state index contributed by atoms with van der Waals surface area (Å²) in [6, 6.07) is 0. The predicted octanol–water partition coefficient (Wildman–Crippen LogP) is 9.17. The molecule has 0 aromatic heterocycles. The molecule has 2 rings (SSSR count). The zero-order valence-corrected chi connectivity index (χ0v) is 20.7. The normalized spacial score (nSPS) is 25.8. The molecule has 0 spiro atoms. The lowest BCUT2D eigenvalue weighted by Crippen LogP contribution is -2.24. The van der Waals surface area contributed by atoms with Crippen LogP contribution in [-0.2, 0) is 0 Å². The lowest BCUT2D eigenvalue weighted by Gasteiger charge is -2.17. The van der Waals surface area contributed by atoms with E-state index in [1.54, 1.807) is 0 Å². The Balaban J connectivity index is 1.51. The summed E-state index contributed by atoms with van der Waals surface area (Å²) < 4.78 is 0. The summed E-state index contributed by atoms with van der Waals surface area (Å²) in [5.74, 6) is 0.927. The molecular formula is C31H49N. The van der Waals surface area contributed by atoms with Gasteiger partial charge in [0.25, 0.3) is 0 Å². The maximum atomic E-state index is 3.79. The summed E-state index contributed by atoms with van der Waals surface area (Å²) in [6.45, 7) is 2.47. The van der Waals surface area contributed by atoms with E-state index in [0.29, 0.717) is 0 Å². The number of rotatable bonds is 10. The van der Waals surface area contributed by atoms with Gasteiger partial charge in [-0.3, -0.25) is 0 Å². The molecule has 178 valence electrons. The molecular weight excluding hydrogens is 386 g/mol. The van der Waals surface area contributed by atoms with Crippen LogP contribution in [0.1, 0.15) is 103 Å². The van der Waals surface area contributed by atoms with Crippen molar-refractivity contribution in [2.75, 3.05) is 13.1 Å². The third-order valence-corrected chi connectivity index (χ3v) is 6.74. The van der Waals surface area contributed by atoms with Crippen molar-refractivity contribution in [1.29, 1.82) is 0 Å². The summed E-state index contributed by atoms with van der Waals surface area (Å²) >= 11 is 0. The Bertz CT molecular complexity index is 604. The third kappa shape index (κ3) is 15.2. The van der Waals surface area contributed by atoms with Gasteiger partial charge < -0.3 is 5.32 Å². The van der Waals surface area contributed by atoms with Gasteiger partial charge in [0.15, 0.2) is 0 Å². The zero-order valence-electron chi connectivity index (χ0n) is 20.7. The van der Waals surface area contributed by atoms with Crippen molar-refractivity contribution >= 4 is 0 Å². The Morgan fingerprint density at radius 1 is 0.562 bits per heavy atom. The lowest BCUT2D eigenvalue weighted by atomic mass is 9.95. The van der Waals surface area contributed by atoms with E-state index >= 15 is 0 Å². The number of hydrogen-bond acceptors (Lipinski definition) is 1. The minimum atomic E-state index is 0.927. The molecule has 0 amide bonds. The predicted molar refractivity (Wildman–Crippen MR) is 144 cm³/mol. The van der Waals surface area contributed by atoms with E-state index in [9.17, 15) is 0 Å². The van der Waals surface area contributed by atoms with Crippen LogP contribution in [-0.4, -0.2) is 13.1 Å². The molecule has 1 fully saturated rings. The molecule has 2 aliphatic rings. The summed E-state index contributed by atoms with van der Waals surface area (Å²) in [4.78, 5) is 0. The molecule has 2 aliphatic carbocycles. The maximum Gasteiger partial charge on any atom is -0.00205 e. The van der Waals surface area contributed by atoms with Crippen LogP contribution in [0.3, 0.4) is 0 Å². The molecule has 0 unspecified atom stereocenters. The van der Waals surface area contributed by atoms with E-state index in [2.05, 4.69) is 72.2 Å². The summed E-state index contributed by atoms with van der Waals surface area (Å²) in [7, 11) is 0. The smallest absolute Gasteiger partial charge is 0.00205 e. The van der Waals surface area contributed by atoms with Crippen molar-refractivity contribution in [3.8, 4) is 0 Å². The second-order valence-corrected chi connectivity index (χ2v) is 9.63. The molecule has 0 heterocycles. The minimum Gasteiger partial charge on any atom is -0.316 e. The van der Waals surface area contributed by atoms with Crippen LogP contribution >= 0.6 is 0 Å². The molecule has 0 aromatic rings. The first-order chi connectivity index (χ1) is 15.9. The summed E-state index contributed by atoms with van der Waals surface area (Å²) in [5, 5.41) is 3.79. The van der Waals surface area contributed by atoms with Crippen molar-refractivity contribution in [2.45, 2.75) is 103 Å². The average molecular weight is 436 g/mol. The molecule has 0 aliphatic heterocycles. The first-order valence-corrected chi connectivity index (χ1v) is 13.7. The molecule has 1 N–H and O–H groups in total. The van der Waals surface area contributed by atoms with Gasteiger partial charge in [-0.15, -0.1) is 0 Å². The van der Waals surface area contributed by atoms with Gasteiger partial charge in [0.1, 0.15) is 0 Å². The molecule has 0 bridgehead atoms. The second-order valence-electron chi connectivity index (χ2n) is 9.63. The Labute approximate surface area is 199 Å². The van der Waals surface area contributed by atoms with E-state index in [-0.39, 0.29) is 0 Å². The molecule has 0 atom stereocenters. The van der Waals surface area contributed by atoms with Crippen LogP contribution in [0.2, 0.25) is 0 Å². The number of allylic oxidation sites excluding steroid dienone is 12. The number of hydrogen-bond donors (Lipinski definition) is 1. The van der Waals surface area contributed by atoms with Gasteiger partial charge in [0.05, 0.1) is 0 Å². The SMILES string of the molecule is C1=C\C=C/C=C\C(CCCCCCCNCC2CCCCCCCCCC2)=C/C=C\C=C/1. The summed E-state index contributed by atoms with van der Waals surface area (Å²) in [6.07, 6.45) is 45.9. The zero-order chi connectivity index (χ0) is 22.4. The highest BCUT2D eigenvalue weighted by atomic mass is 14.8. The van der Waals surface area contributed by atoms with Crippen molar-refractivity contribution in [3.63, 3.8) is 0 Å². The first kappa shape index (κ1) is 26.7. The molecule has 0 aromatic carbocycles. The van der Waals surface area contributed by atoms with Crippen molar-refractivity contribution in [2.24, 2.45) is 5.92 Å². The molecule has 1 saturated carbocycles. The van der Waals surface area contributed by atoms with E-state index in [1.807, 2.05) is 0 Å². The molecule has 0 saturated heterocycles. The highest BCUT2D eigenvalue weighted by Gasteiger charge is 2.09. The molecule has 1 nitrogen and oxygen atoms in total. The van der Waals surface area contributed by atoms with Crippen LogP contribution in [0.15, 0.2) is 72.4 Å². The minimum absolute atomic E-state index is 0.927. The Hall–Kier alpha value is -1.60. The van der Waals surface area contributed by atoms with E-state index in [1.165, 1.54) is 121 Å². The fourth-order valence-corrected chi connectivity index (χ4v) is 4.72. The van der Waals surface area contributed by atoms with Crippen LogP contribution in [0.5, 0.6) is 0 Å². The van der Waals surface area contributed by atoms with Crippen molar-refractivity contribution in [3.05, 3.63) is 72.4 Å². The molecule has 0 radical (unpaired) electrons. The van der Waals surface area contributed by atoms with Gasteiger partial charge in [-0.2, -0.15) is 0 Å². The van der Waals surface area contributed by atoms with Gasteiger partial charge in [-0.05, 0) is 56.7 Å². The quantitative estimate of drug-likeness (QED) is 0.337. The van der Waals surface area contributed by atoms with Crippen LogP contribution in [0.4, 0.5) is 0 Å². The first-order valence-electron chi connectivity index (χ1n) is 13.7. The van der Waals surface area contributed by atoms with Crippen LogP contribution < -0.4 is 5.32 Å². The van der Waals surface area contributed by atoms with Crippen molar-refractivity contribution in [1.82, 2.24) is 5.32 Å². The standard InChI is InChI=1S/C31H49N/c1-2-6-11-17-23-30(24-18-12-7-3-1)25-19-15-10-16-22-28-32-29-31-26-20-13-8-4-5-9-14-21-27-31/h1-3,6-7,11-12,17-18,23-24,31-32H,4-5,8-10,13-16,19-22,25-29H2/b2-1-,3-1?,6-2?,7-3-,11-6-,12-7?,17-11?,18-12-,23-17-,24-18?,30-23?,30-24+. The maximum absolute atomic E-state index is 3.79. The second kappa shape index (κ2) is 20.0. The number of nitrogens with one attached hydrogen (secondary N) is 1. The lowest BCUT2D eigenvalue weighted by molar-refractivity contribution is 0.387. The van der Waals surface area contributed by atoms with Gasteiger partial charge >= 0.3 is 0 Å². The van der Waals surface area contributed by atoms with Gasteiger partial charge in [-0.1, -0.05) is 137 Å².